The Hall–Kier alpha value is -1.92. The Labute approximate surface area is 98.7 Å². The van der Waals surface area contributed by atoms with Gasteiger partial charge in [0.05, 0.1) is 17.8 Å². The lowest BCUT2D eigenvalue weighted by atomic mass is 10.2. The molecular formula is C12H10ClN3. The maximum atomic E-state index is 8.93. The molecule has 0 aliphatic rings. The molecule has 0 saturated heterocycles. The van der Waals surface area contributed by atoms with E-state index in [9.17, 15) is 0 Å². The molecule has 2 rings (SSSR count). The molecule has 1 aromatic carbocycles. The van der Waals surface area contributed by atoms with Crippen LogP contribution < -0.4 is 5.32 Å². The van der Waals surface area contributed by atoms with Crippen LogP contribution in [0.25, 0.3) is 0 Å². The summed E-state index contributed by atoms with van der Waals surface area (Å²) in [5.41, 5.74) is 2.41. The van der Waals surface area contributed by atoms with Crippen molar-refractivity contribution in [2.45, 2.75) is 6.54 Å². The van der Waals surface area contributed by atoms with Crippen molar-refractivity contribution in [1.29, 1.82) is 5.26 Å². The minimum Gasteiger partial charge on any atom is -0.378 e. The Morgan fingerprint density at radius 2 is 2.25 bits per heavy atom. The second kappa shape index (κ2) is 4.73. The molecule has 0 aliphatic heterocycles. The standard InChI is InChI=1S/C12H10ClN3/c13-10-4-3-9(7-14)12(6-10)16-8-11-2-1-5-15-11/h1-6,15-16H,8H2. The maximum Gasteiger partial charge on any atom is 0.101 e. The summed E-state index contributed by atoms with van der Waals surface area (Å²) in [6.45, 7) is 0.641. The number of aromatic amines is 1. The minimum atomic E-state index is 0.593. The molecule has 2 aromatic rings. The smallest absolute Gasteiger partial charge is 0.101 e. The van der Waals surface area contributed by atoms with E-state index in [1.54, 1.807) is 18.2 Å². The van der Waals surface area contributed by atoms with Gasteiger partial charge in [0.1, 0.15) is 6.07 Å². The lowest BCUT2D eigenvalue weighted by molar-refractivity contribution is 1.07. The molecule has 0 bridgehead atoms. The van der Waals surface area contributed by atoms with Crippen molar-refractivity contribution in [3.63, 3.8) is 0 Å². The molecule has 0 spiro atoms. The zero-order valence-electron chi connectivity index (χ0n) is 8.50. The van der Waals surface area contributed by atoms with E-state index in [1.165, 1.54) is 0 Å². The fourth-order valence-corrected chi connectivity index (χ4v) is 1.60. The highest BCUT2D eigenvalue weighted by Gasteiger charge is 2.02. The van der Waals surface area contributed by atoms with Crippen molar-refractivity contribution in [3.05, 3.63) is 52.8 Å². The highest BCUT2D eigenvalue weighted by Crippen LogP contribution is 2.20. The summed E-state index contributed by atoms with van der Waals surface area (Å²) in [7, 11) is 0. The van der Waals surface area contributed by atoms with Gasteiger partial charge in [-0.2, -0.15) is 5.26 Å². The van der Waals surface area contributed by atoms with Crippen LogP contribution in [0.3, 0.4) is 0 Å². The van der Waals surface area contributed by atoms with E-state index in [1.807, 2.05) is 18.3 Å². The average molecular weight is 232 g/mol. The molecule has 0 saturated carbocycles. The van der Waals surface area contributed by atoms with E-state index in [4.69, 9.17) is 16.9 Å². The van der Waals surface area contributed by atoms with E-state index < -0.39 is 0 Å². The van der Waals surface area contributed by atoms with Crippen molar-refractivity contribution < 1.29 is 0 Å². The second-order valence-electron chi connectivity index (χ2n) is 3.35. The molecule has 80 valence electrons. The first-order valence-corrected chi connectivity index (χ1v) is 5.23. The van der Waals surface area contributed by atoms with Gasteiger partial charge in [0.2, 0.25) is 0 Å². The van der Waals surface area contributed by atoms with Crippen molar-refractivity contribution in [1.82, 2.24) is 4.98 Å². The van der Waals surface area contributed by atoms with Crippen molar-refractivity contribution >= 4 is 17.3 Å². The van der Waals surface area contributed by atoms with Crippen molar-refractivity contribution in [2.24, 2.45) is 0 Å². The fourth-order valence-electron chi connectivity index (χ4n) is 1.43. The number of anilines is 1. The third kappa shape index (κ3) is 2.36. The van der Waals surface area contributed by atoms with Crippen molar-refractivity contribution in [3.8, 4) is 6.07 Å². The van der Waals surface area contributed by atoms with Gasteiger partial charge in [-0.3, -0.25) is 0 Å². The average Bonchev–Trinajstić information content (AvgIpc) is 2.79. The third-order valence-corrected chi connectivity index (χ3v) is 2.47. The molecule has 1 heterocycles. The van der Waals surface area contributed by atoms with Gasteiger partial charge in [-0.05, 0) is 30.3 Å². The summed E-state index contributed by atoms with van der Waals surface area (Å²) in [6, 6.07) is 11.2. The largest absolute Gasteiger partial charge is 0.378 e. The SMILES string of the molecule is N#Cc1ccc(Cl)cc1NCc1ccc[nH]1. The van der Waals surface area contributed by atoms with Gasteiger partial charge in [-0.25, -0.2) is 0 Å². The molecule has 0 unspecified atom stereocenters. The van der Waals surface area contributed by atoms with Gasteiger partial charge < -0.3 is 10.3 Å². The normalized spacial score (nSPS) is 9.75. The first-order valence-electron chi connectivity index (χ1n) is 4.85. The highest BCUT2D eigenvalue weighted by atomic mass is 35.5. The number of benzene rings is 1. The van der Waals surface area contributed by atoms with Crippen molar-refractivity contribution in [2.75, 3.05) is 5.32 Å². The Bertz CT molecular complexity index is 512. The lowest BCUT2D eigenvalue weighted by Crippen LogP contribution is -2.01. The zero-order valence-corrected chi connectivity index (χ0v) is 9.25. The lowest BCUT2D eigenvalue weighted by Gasteiger charge is -2.07. The van der Waals surface area contributed by atoms with Gasteiger partial charge in [-0.1, -0.05) is 11.6 Å². The zero-order chi connectivity index (χ0) is 11.4. The van der Waals surface area contributed by atoms with Crippen LogP contribution in [0.5, 0.6) is 0 Å². The van der Waals surface area contributed by atoms with E-state index >= 15 is 0 Å². The number of nitriles is 1. The first kappa shape index (κ1) is 10.6. The molecule has 0 atom stereocenters. The van der Waals surface area contributed by atoms with E-state index in [2.05, 4.69) is 16.4 Å². The summed E-state index contributed by atoms with van der Waals surface area (Å²) in [5.74, 6) is 0. The predicted octanol–water partition coefficient (Wildman–Crippen LogP) is 3.15. The van der Waals surface area contributed by atoms with Crippen LogP contribution in [0.15, 0.2) is 36.5 Å². The third-order valence-electron chi connectivity index (χ3n) is 2.23. The van der Waals surface area contributed by atoms with Crippen LogP contribution in [-0.2, 0) is 6.54 Å². The maximum absolute atomic E-state index is 8.93. The monoisotopic (exact) mass is 231 g/mol. The fraction of sp³-hybridized carbons (Fsp3) is 0.0833. The molecule has 3 nitrogen and oxygen atoms in total. The highest BCUT2D eigenvalue weighted by molar-refractivity contribution is 6.30. The van der Waals surface area contributed by atoms with Gasteiger partial charge in [0, 0.05) is 16.9 Å². The molecular weight excluding hydrogens is 222 g/mol. The molecule has 0 aliphatic carbocycles. The molecule has 0 fully saturated rings. The number of nitrogens with zero attached hydrogens (tertiary/aromatic N) is 1. The van der Waals surface area contributed by atoms with Crippen LogP contribution in [0, 0.1) is 11.3 Å². The summed E-state index contributed by atoms with van der Waals surface area (Å²) < 4.78 is 0. The summed E-state index contributed by atoms with van der Waals surface area (Å²) >= 11 is 5.88. The number of nitrogens with one attached hydrogen (secondary N) is 2. The summed E-state index contributed by atoms with van der Waals surface area (Å²) in [4.78, 5) is 3.08. The molecule has 0 amide bonds. The Morgan fingerprint density at radius 3 is 2.94 bits per heavy atom. The second-order valence-corrected chi connectivity index (χ2v) is 3.79. The molecule has 1 aromatic heterocycles. The Kier molecular flexibility index (Phi) is 3.13. The summed E-state index contributed by atoms with van der Waals surface area (Å²) in [6.07, 6.45) is 1.86. The van der Waals surface area contributed by atoms with Gasteiger partial charge in [0.15, 0.2) is 0 Å². The Morgan fingerprint density at radius 1 is 1.38 bits per heavy atom. The van der Waals surface area contributed by atoms with Crippen LogP contribution >= 0.6 is 11.6 Å². The predicted molar refractivity (Wildman–Crippen MR) is 64.3 cm³/mol. The van der Waals surface area contributed by atoms with Crippen LogP contribution in [0.1, 0.15) is 11.3 Å². The minimum absolute atomic E-state index is 0.593. The van der Waals surface area contributed by atoms with Gasteiger partial charge in [0.25, 0.3) is 0 Å². The summed E-state index contributed by atoms with van der Waals surface area (Å²) in [5, 5.41) is 12.7. The van der Waals surface area contributed by atoms with E-state index in [0.29, 0.717) is 17.1 Å². The number of aromatic nitrogens is 1. The Balaban J connectivity index is 2.15. The number of hydrogen-bond donors (Lipinski definition) is 2. The quantitative estimate of drug-likeness (QED) is 0.853. The van der Waals surface area contributed by atoms with Crippen LogP contribution in [0.2, 0.25) is 5.02 Å². The first-order chi connectivity index (χ1) is 7.79. The van der Waals surface area contributed by atoms with Gasteiger partial charge >= 0.3 is 0 Å². The number of hydrogen-bond acceptors (Lipinski definition) is 2. The number of halogens is 1. The van der Waals surface area contributed by atoms with Gasteiger partial charge in [-0.15, -0.1) is 0 Å². The number of H-pyrrole nitrogens is 1. The van der Waals surface area contributed by atoms with E-state index in [-0.39, 0.29) is 0 Å². The van der Waals surface area contributed by atoms with Crippen LogP contribution in [0.4, 0.5) is 5.69 Å². The van der Waals surface area contributed by atoms with Crippen LogP contribution in [-0.4, -0.2) is 4.98 Å². The van der Waals surface area contributed by atoms with E-state index in [0.717, 1.165) is 11.4 Å². The molecule has 2 N–H and O–H groups in total. The molecule has 4 heteroatoms. The number of rotatable bonds is 3. The molecule has 0 radical (unpaired) electrons. The molecule has 16 heavy (non-hydrogen) atoms. The topological polar surface area (TPSA) is 51.6 Å².